The number of pyridine rings is 1. The van der Waals surface area contributed by atoms with E-state index in [2.05, 4.69) is 20.6 Å². The fourth-order valence-corrected chi connectivity index (χ4v) is 4.46. The summed E-state index contributed by atoms with van der Waals surface area (Å²) in [5, 5.41) is 18.0. The third-order valence-corrected chi connectivity index (χ3v) is 6.17. The van der Waals surface area contributed by atoms with Gasteiger partial charge in [0.05, 0.1) is 30.0 Å². The second kappa shape index (κ2) is 8.96. The van der Waals surface area contributed by atoms with Crippen molar-refractivity contribution in [3.8, 4) is 0 Å². The van der Waals surface area contributed by atoms with Gasteiger partial charge in [0, 0.05) is 41.4 Å². The second-order valence-electron chi connectivity index (χ2n) is 8.19. The van der Waals surface area contributed by atoms with E-state index in [9.17, 15) is 9.90 Å². The Morgan fingerprint density at radius 1 is 1.18 bits per heavy atom. The molecule has 1 unspecified atom stereocenters. The Labute approximate surface area is 191 Å². The number of nitrogens with zero attached hydrogens (tertiary/aromatic N) is 1. The van der Waals surface area contributed by atoms with Crippen molar-refractivity contribution in [2.24, 2.45) is 0 Å². The maximum absolute atomic E-state index is 12.0. The van der Waals surface area contributed by atoms with Crippen LogP contribution in [0.2, 0.25) is 0 Å². The van der Waals surface area contributed by atoms with Gasteiger partial charge in [0.1, 0.15) is 0 Å². The zero-order chi connectivity index (χ0) is 22.8. The highest BCUT2D eigenvalue weighted by atomic mass is 16.5. The summed E-state index contributed by atoms with van der Waals surface area (Å²) >= 11 is 0. The van der Waals surface area contributed by atoms with Crippen LogP contribution in [0.1, 0.15) is 39.7 Å². The minimum absolute atomic E-state index is 0.339. The van der Waals surface area contributed by atoms with Crippen molar-refractivity contribution in [3.05, 3.63) is 83.3 Å². The van der Waals surface area contributed by atoms with Gasteiger partial charge < -0.3 is 25.5 Å². The summed E-state index contributed by atoms with van der Waals surface area (Å²) in [6.07, 6.45) is 5.61. The molecule has 1 aliphatic rings. The summed E-state index contributed by atoms with van der Waals surface area (Å²) in [5.41, 5.74) is 7.42. The average molecular weight is 443 g/mol. The molecule has 168 valence electrons. The first-order valence-electron chi connectivity index (χ1n) is 11.1. The maximum Gasteiger partial charge on any atom is 0.339 e. The second-order valence-corrected chi connectivity index (χ2v) is 8.19. The number of para-hydroxylation sites is 1. The van der Waals surface area contributed by atoms with Gasteiger partial charge in [0.25, 0.3) is 0 Å². The van der Waals surface area contributed by atoms with E-state index in [0.29, 0.717) is 5.56 Å². The van der Waals surface area contributed by atoms with E-state index in [1.165, 1.54) is 7.11 Å². The molecule has 0 saturated carbocycles. The Bertz CT molecular complexity index is 1300. The van der Waals surface area contributed by atoms with Gasteiger partial charge >= 0.3 is 5.97 Å². The van der Waals surface area contributed by atoms with Crippen LogP contribution in [0, 0.1) is 0 Å². The van der Waals surface area contributed by atoms with E-state index < -0.39 is 6.10 Å². The van der Waals surface area contributed by atoms with Crippen LogP contribution >= 0.6 is 0 Å². The molecule has 1 atom stereocenters. The Morgan fingerprint density at radius 2 is 2.00 bits per heavy atom. The molecule has 0 amide bonds. The maximum atomic E-state index is 12.0. The lowest BCUT2D eigenvalue weighted by Gasteiger charge is -2.12. The number of hydrogen-bond donors (Lipinski definition) is 4. The number of methoxy groups -OCH3 is 1. The van der Waals surface area contributed by atoms with Gasteiger partial charge in [-0.1, -0.05) is 12.1 Å². The Hall–Kier alpha value is -3.84. The first-order valence-corrected chi connectivity index (χ1v) is 11.1. The molecular formula is C26H26N4O3. The minimum Gasteiger partial charge on any atom is -0.465 e. The molecule has 2 aromatic carbocycles. The van der Waals surface area contributed by atoms with Gasteiger partial charge in [-0.15, -0.1) is 0 Å². The predicted octanol–water partition coefficient (Wildman–Crippen LogP) is 4.73. The average Bonchev–Trinajstić information content (AvgIpc) is 3.44. The smallest absolute Gasteiger partial charge is 0.339 e. The number of ether oxygens (including phenoxy) is 1. The number of nitrogens with one attached hydrogen (secondary N) is 3. The molecule has 0 aliphatic heterocycles. The molecule has 0 spiro atoms. The van der Waals surface area contributed by atoms with Crippen LogP contribution in [0.15, 0.2) is 60.9 Å². The van der Waals surface area contributed by atoms with Gasteiger partial charge in [-0.05, 0) is 66.8 Å². The number of esters is 1. The molecule has 2 heterocycles. The zero-order valence-electron chi connectivity index (χ0n) is 18.4. The molecule has 1 aliphatic carbocycles. The number of hydrogen-bond acceptors (Lipinski definition) is 6. The summed E-state index contributed by atoms with van der Waals surface area (Å²) in [5.74, 6) is -0.339. The zero-order valence-corrected chi connectivity index (χ0v) is 18.4. The lowest BCUT2D eigenvalue weighted by atomic mass is 10.1. The molecule has 4 N–H and O–H groups in total. The third-order valence-electron chi connectivity index (χ3n) is 6.17. The molecule has 33 heavy (non-hydrogen) atoms. The molecule has 4 aromatic rings. The van der Waals surface area contributed by atoms with Gasteiger partial charge in [0.15, 0.2) is 0 Å². The van der Waals surface area contributed by atoms with Crippen molar-refractivity contribution in [1.29, 1.82) is 0 Å². The molecule has 7 heteroatoms. The van der Waals surface area contributed by atoms with Crippen molar-refractivity contribution in [3.63, 3.8) is 0 Å². The highest BCUT2D eigenvalue weighted by Gasteiger charge is 2.24. The van der Waals surface area contributed by atoms with E-state index >= 15 is 0 Å². The molecule has 7 nitrogen and oxygen atoms in total. The van der Waals surface area contributed by atoms with E-state index in [1.54, 1.807) is 12.3 Å². The molecule has 0 radical (unpaired) electrons. The van der Waals surface area contributed by atoms with Crippen LogP contribution in [-0.2, 0) is 17.6 Å². The lowest BCUT2D eigenvalue weighted by Crippen LogP contribution is -2.05. The van der Waals surface area contributed by atoms with Crippen LogP contribution in [0.4, 0.5) is 17.1 Å². The van der Waals surface area contributed by atoms with Gasteiger partial charge in [-0.3, -0.25) is 4.98 Å². The summed E-state index contributed by atoms with van der Waals surface area (Å²) in [6.45, 7) is 0.762. The normalized spacial score (nSPS) is 14.8. The molecule has 0 bridgehead atoms. The topological polar surface area (TPSA) is 99.3 Å². The van der Waals surface area contributed by atoms with Crippen molar-refractivity contribution in [2.45, 2.75) is 25.4 Å². The summed E-state index contributed by atoms with van der Waals surface area (Å²) in [7, 11) is 1.39. The van der Waals surface area contributed by atoms with Crippen LogP contribution in [0.25, 0.3) is 10.9 Å². The summed E-state index contributed by atoms with van der Waals surface area (Å²) < 4.78 is 4.88. The number of aliphatic hydroxyl groups excluding tert-OH is 1. The van der Waals surface area contributed by atoms with Crippen LogP contribution < -0.4 is 10.6 Å². The first-order chi connectivity index (χ1) is 16.1. The number of carbonyl (C=O) groups excluding carboxylic acids is 1. The predicted molar refractivity (Wildman–Crippen MR) is 129 cm³/mol. The highest BCUT2D eigenvalue weighted by molar-refractivity contribution is 6.03. The SMILES string of the molecule is COC(=O)c1cccc2c(CCNc3ccc(Nc4ccnc5c4CCC5O)cc3)c[nH]c12. The molecular weight excluding hydrogens is 416 g/mol. The number of H-pyrrole nitrogens is 1. The Morgan fingerprint density at radius 3 is 2.82 bits per heavy atom. The number of fused-ring (bicyclic) bond motifs is 2. The quantitative estimate of drug-likeness (QED) is 0.309. The number of carbonyl (C=O) groups is 1. The first kappa shape index (κ1) is 21.0. The number of aromatic amines is 1. The Balaban J connectivity index is 1.21. The third kappa shape index (κ3) is 4.15. The largest absolute Gasteiger partial charge is 0.465 e. The van der Waals surface area contributed by atoms with E-state index in [4.69, 9.17) is 4.74 Å². The van der Waals surface area contributed by atoms with Crippen LogP contribution in [-0.4, -0.2) is 34.7 Å². The van der Waals surface area contributed by atoms with Crippen molar-refractivity contribution < 1.29 is 14.6 Å². The van der Waals surface area contributed by atoms with Gasteiger partial charge in [-0.25, -0.2) is 4.79 Å². The van der Waals surface area contributed by atoms with E-state index in [1.807, 2.05) is 48.7 Å². The van der Waals surface area contributed by atoms with Crippen LogP contribution in [0.5, 0.6) is 0 Å². The van der Waals surface area contributed by atoms with Crippen molar-refractivity contribution in [2.75, 3.05) is 24.3 Å². The van der Waals surface area contributed by atoms with E-state index in [0.717, 1.165) is 70.6 Å². The van der Waals surface area contributed by atoms with Crippen molar-refractivity contribution in [1.82, 2.24) is 9.97 Å². The summed E-state index contributed by atoms with van der Waals surface area (Å²) in [4.78, 5) is 19.5. The monoisotopic (exact) mass is 442 g/mol. The number of rotatable bonds is 7. The fraction of sp³-hybridized carbons (Fsp3) is 0.231. The molecule has 2 aromatic heterocycles. The van der Waals surface area contributed by atoms with E-state index in [-0.39, 0.29) is 5.97 Å². The number of aliphatic hydroxyl groups is 1. The summed E-state index contributed by atoms with van der Waals surface area (Å²) in [6, 6.07) is 15.8. The number of aromatic nitrogens is 2. The molecule has 0 fully saturated rings. The van der Waals surface area contributed by atoms with Crippen molar-refractivity contribution >= 4 is 33.9 Å². The fourth-order valence-electron chi connectivity index (χ4n) is 4.46. The standard InChI is InChI=1S/C26H26N4O3/c1-33-26(32)21-4-2-3-19-16(15-29-24(19)21)11-13-27-17-5-7-18(8-6-17)30-22-12-14-28-25-20(22)9-10-23(25)31/h2-8,12,14-15,23,27,29,31H,9-11,13H2,1H3,(H,28,30). The van der Waals surface area contributed by atoms with Gasteiger partial charge in [0.2, 0.25) is 0 Å². The number of benzene rings is 2. The molecule has 0 saturated heterocycles. The Kier molecular flexibility index (Phi) is 5.71. The lowest BCUT2D eigenvalue weighted by molar-refractivity contribution is 0.0603. The minimum atomic E-state index is -0.461. The molecule has 5 rings (SSSR count). The highest BCUT2D eigenvalue weighted by Crippen LogP contribution is 2.35. The van der Waals surface area contributed by atoms with Gasteiger partial charge in [-0.2, -0.15) is 0 Å². The van der Waals surface area contributed by atoms with Crippen LogP contribution in [0.3, 0.4) is 0 Å². The number of anilines is 3.